The van der Waals surface area contributed by atoms with Gasteiger partial charge in [0, 0.05) is 18.3 Å². The smallest absolute Gasteiger partial charge is 0.263 e. The first-order valence-corrected chi connectivity index (χ1v) is 7.12. The van der Waals surface area contributed by atoms with Crippen LogP contribution in [-0.4, -0.2) is 18.0 Å². The standard InChI is InChI=1S/C17H23N3O/c1-17(2,3)20-16(21)15(12-18)13-19-11-7-10-14-8-5-4-6-9-14/h4-6,8-9,13,19H,7,10-11H2,1-3H3,(H,20,21)/b15-13-. The van der Waals surface area contributed by atoms with Crippen LogP contribution >= 0.6 is 0 Å². The average molecular weight is 285 g/mol. The van der Waals surface area contributed by atoms with Gasteiger partial charge in [-0.15, -0.1) is 0 Å². The molecule has 1 rings (SSSR count). The van der Waals surface area contributed by atoms with Gasteiger partial charge in [-0.2, -0.15) is 5.26 Å². The highest BCUT2D eigenvalue weighted by atomic mass is 16.1. The third-order valence-corrected chi connectivity index (χ3v) is 2.73. The highest BCUT2D eigenvalue weighted by molar-refractivity contribution is 5.97. The van der Waals surface area contributed by atoms with Crippen molar-refractivity contribution in [3.05, 3.63) is 47.7 Å². The molecule has 0 aliphatic rings. The van der Waals surface area contributed by atoms with E-state index in [1.54, 1.807) is 0 Å². The lowest BCUT2D eigenvalue weighted by molar-refractivity contribution is -0.118. The quantitative estimate of drug-likeness (QED) is 0.479. The summed E-state index contributed by atoms with van der Waals surface area (Å²) in [4.78, 5) is 11.8. The van der Waals surface area contributed by atoms with Gasteiger partial charge in [-0.05, 0) is 39.2 Å². The molecule has 4 heteroatoms. The van der Waals surface area contributed by atoms with E-state index in [-0.39, 0.29) is 17.0 Å². The summed E-state index contributed by atoms with van der Waals surface area (Å²) in [7, 11) is 0. The molecule has 0 radical (unpaired) electrons. The molecule has 0 heterocycles. The van der Waals surface area contributed by atoms with Crippen LogP contribution in [0.2, 0.25) is 0 Å². The molecular weight excluding hydrogens is 262 g/mol. The summed E-state index contributed by atoms with van der Waals surface area (Å²) in [6.45, 7) is 6.37. The lowest BCUT2D eigenvalue weighted by Gasteiger charge is -2.20. The van der Waals surface area contributed by atoms with Gasteiger partial charge in [-0.1, -0.05) is 30.3 Å². The molecule has 0 saturated carbocycles. The summed E-state index contributed by atoms with van der Waals surface area (Å²) in [6, 6.07) is 12.1. The maximum absolute atomic E-state index is 11.8. The van der Waals surface area contributed by atoms with Crippen molar-refractivity contribution in [2.24, 2.45) is 0 Å². The molecule has 1 aromatic carbocycles. The number of hydrogen-bond donors (Lipinski definition) is 2. The first-order valence-electron chi connectivity index (χ1n) is 7.12. The molecule has 21 heavy (non-hydrogen) atoms. The number of carbonyl (C=O) groups excluding carboxylic acids is 1. The minimum Gasteiger partial charge on any atom is -0.390 e. The van der Waals surface area contributed by atoms with Crippen molar-refractivity contribution >= 4 is 5.91 Å². The number of nitriles is 1. The van der Waals surface area contributed by atoms with Gasteiger partial charge < -0.3 is 10.6 Å². The minimum atomic E-state index is -0.347. The van der Waals surface area contributed by atoms with Crippen LogP contribution in [0.3, 0.4) is 0 Å². The van der Waals surface area contributed by atoms with Crippen LogP contribution in [0.25, 0.3) is 0 Å². The monoisotopic (exact) mass is 285 g/mol. The third kappa shape index (κ3) is 7.17. The first kappa shape index (κ1) is 16.8. The van der Waals surface area contributed by atoms with Crippen molar-refractivity contribution in [3.8, 4) is 6.07 Å². The summed E-state index contributed by atoms with van der Waals surface area (Å²) in [5.74, 6) is -0.347. The maximum atomic E-state index is 11.8. The van der Waals surface area contributed by atoms with Crippen molar-refractivity contribution in [1.29, 1.82) is 5.26 Å². The molecule has 0 aromatic heterocycles. The van der Waals surface area contributed by atoms with Crippen molar-refractivity contribution in [2.75, 3.05) is 6.54 Å². The summed E-state index contributed by atoms with van der Waals surface area (Å²) in [6.07, 6.45) is 3.41. The lowest BCUT2D eigenvalue weighted by Crippen LogP contribution is -2.41. The number of hydrogen-bond acceptors (Lipinski definition) is 3. The normalized spacial score (nSPS) is 11.6. The summed E-state index contributed by atoms with van der Waals surface area (Å²) in [5, 5.41) is 14.8. The molecule has 0 saturated heterocycles. The van der Waals surface area contributed by atoms with E-state index >= 15 is 0 Å². The van der Waals surface area contributed by atoms with E-state index in [4.69, 9.17) is 5.26 Å². The average Bonchev–Trinajstić information content (AvgIpc) is 2.42. The van der Waals surface area contributed by atoms with E-state index in [2.05, 4.69) is 22.8 Å². The zero-order chi connectivity index (χ0) is 15.7. The number of nitrogens with zero attached hydrogens (tertiary/aromatic N) is 1. The van der Waals surface area contributed by atoms with Gasteiger partial charge in [-0.25, -0.2) is 0 Å². The van der Waals surface area contributed by atoms with E-state index in [0.29, 0.717) is 0 Å². The van der Waals surface area contributed by atoms with Gasteiger partial charge in [0.1, 0.15) is 11.6 Å². The molecule has 0 aliphatic heterocycles. The Hall–Kier alpha value is -2.28. The minimum absolute atomic E-state index is 0.102. The Kier molecular flexibility index (Phi) is 6.48. The van der Waals surface area contributed by atoms with E-state index in [9.17, 15) is 4.79 Å². The molecule has 2 N–H and O–H groups in total. The van der Waals surface area contributed by atoms with Gasteiger partial charge in [0.25, 0.3) is 5.91 Å². The van der Waals surface area contributed by atoms with E-state index < -0.39 is 0 Å². The van der Waals surface area contributed by atoms with Crippen LogP contribution in [-0.2, 0) is 11.2 Å². The van der Waals surface area contributed by atoms with Gasteiger partial charge in [-0.3, -0.25) is 4.79 Å². The number of rotatable bonds is 6. The van der Waals surface area contributed by atoms with E-state index in [1.165, 1.54) is 11.8 Å². The van der Waals surface area contributed by atoms with Gasteiger partial charge in [0.15, 0.2) is 0 Å². The topological polar surface area (TPSA) is 64.9 Å². The van der Waals surface area contributed by atoms with Crippen LogP contribution < -0.4 is 10.6 Å². The van der Waals surface area contributed by atoms with Crippen molar-refractivity contribution in [3.63, 3.8) is 0 Å². The second-order valence-electron chi connectivity index (χ2n) is 5.92. The number of aryl methyl sites for hydroxylation is 1. The molecule has 0 unspecified atom stereocenters. The highest BCUT2D eigenvalue weighted by Gasteiger charge is 2.16. The van der Waals surface area contributed by atoms with Crippen molar-refractivity contribution in [1.82, 2.24) is 10.6 Å². The fraction of sp³-hybridized carbons (Fsp3) is 0.412. The Morgan fingerprint density at radius 2 is 1.95 bits per heavy atom. The third-order valence-electron chi connectivity index (χ3n) is 2.73. The molecular formula is C17H23N3O. The van der Waals surface area contributed by atoms with E-state index in [1.807, 2.05) is 45.0 Å². The second-order valence-corrected chi connectivity index (χ2v) is 5.92. The van der Waals surface area contributed by atoms with Gasteiger partial charge in [0.2, 0.25) is 0 Å². The fourth-order valence-electron chi connectivity index (χ4n) is 1.77. The van der Waals surface area contributed by atoms with Crippen LogP contribution in [0.4, 0.5) is 0 Å². The zero-order valence-corrected chi connectivity index (χ0v) is 12.9. The summed E-state index contributed by atoms with van der Waals surface area (Å²) in [5.41, 5.74) is 1.04. The number of nitrogens with one attached hydrogen (secondary N) is 2. The molecule has 0 spiro atoms. The molecule has 1 aromatic rings. The van der Waals surface area contributed by atoms with Crippen LogP contribution in [0.1, 0.15) is 32.8 Å². The van der Waals surface area contributed by atoms with Crippen LogP contribution in [0, 0.1) is 11.3 Å². The predicted molar refractivity (Wildman–Crippen MR) is 84.4 cm³/mol. The maximum Gasteiger partial charge on any atom is 0.263 e. The Labute approximate surface area is 126 Å². The Bertz CT molecular complexity index is 521. The van der Waals surface area contributed by atoms with Gasteiger partial charge >= 0.3 is 0 Å². The zero-order valence-electron chi connectivity index (χ0n) is 12.9. The second kappa shape index (κ2) is 8.11. The Morgan fingerprint density at radius 3 is 2.52 bits per heavy atom. The van der Waals surface area contributed by atoms with E-state index in [0.717, 1.165) is 19.4 Å². The number of benzene rings is 1. The molecule has 0 aliphatic carbocycles. The lowest BCUT2D eigenvalue weighted by atomic mass is 10.1. The molecule has 0 fully saturated rings. The Morgan fingerprint density at radius 1 is 1.29 bits per heavy atom. The van der Waals surface area contributed by atoms with Crippen molar-refractivity contribution in [2.45, 2.75) is 39.2 Å². The first-order chi connectivity index (χ1) is 9.92. The van der Waals surface area contributed by atoms with Crippen LogP contribution in [0.15, 0.2) is 42.1 Å². The van der Waals surface area contributed by atoms with Gasteiger partial charge in [0.05, 0.1) is 0 Å². The van der Waals surface area contributed by atoms with Crippen molar-refractivity contribution < 1.29 is 4.79 Å². The SMILES string of the molecule is CC(C)(C)NC(=O)/C(C#N)=C\NCCCc1ccccc1. The summed E-state index contributed by atoms with van der Waals surface area (Å²) >= 11 is 0. The molecule has 0 atom stereocenters. The number of carbonyl (C=O) groups is 1. The molecule has 4 nitrogen and oxygen atoms in total. The molecule has 1 amide bonds. The molecule has 0 bridgehead atoms. The number of amides is 1. The predicted octanol–water partition coefficient (Wildman–Crippen LogP) is 2.53. The fourth-order valence-corrected chi connectivity index (χ4v) is 1.77. The van der Waals surface area contributed by atoms with Crippen LogP contribution in [0.5, 0.6) is 0 Å². The highest BCUT2D eigenvalue weighted by Crippen LogP contribution is 2.03. The molecule has 112 valence electrons. The summed E-state index contributed by atoms with van der Waals surface area (Å²) < 4.78 is 0. The Balaban J connectivity index is 2.37. The largest absolute Gasteiger partial charge is 0.390 e.